The van der Waals surface area contributed by atoms with E-state index in [4.69, 9.17) is 0 Å². The fourth-order valence-electron chi connectivity index (χ4n) is 0.670. The molecule has 0 saturated carbocycles. The molecule has 0 aromatic heterocycles. The van der Waals surface area contributed by atoms with Gasteiger partial charge < -0.3 is 49.6 Å². The monoisotopic (exact) mass is 390 g/mol. The molecule has 0 atom stereocenters. The van der Waals surface area contributed by atoms with Crippen LogP contribution in [0.2, 0.25) is 0 Å². The molecule has 1 aromatic carbocycles. The third-order valence-corrected chi connectivity index (χ3v) is 1.27. The topological polar surface area (TPSA) is 0 Å². The normalized spacial score (nSPS) is 6.24. The zero-order valence-electron chi connectivity index (χ0n) is 9.84. The average Bonchev–Trinajstić information content (AvgIpc) is 2.08. The third-order valence-electron chi connectivity index (χ3n) is 1.27. The molecule has 0 spiro atoms. The molecule has 0 unspecified atom stereocenters. The van der Waals surface area contributed by atoms with Gasteiger partial charge in [-0.05, 0) is 13.8 Å². The van der Waals surface area contributed by atoms with Gasteiger partial charge in [-0.2, -0.15) is 0 Å². The predicted molar refractivity (Wildman–Crippen MR) is 56.2 cm³/mol. The minimum Gasteiger partial charge on any atom is -1.00 e. The molecule has 1 aromatic rings. The molecule has 96 valence electrons. The van der Waals surface area contributed by atoms with Crippen LogP contribution in [0.1, 0.15) is 12.5 Å². The van der Waals surface area contributed by atoms with E-state index in [-0.39, 0.29) is 75.8 Å². The first-order chi connectivity index (χ1) is 5.81. The Balaban J connectivity index is -0.0000000284. The summed E-state index contributed by atoms with van der Waals surface area (Å²) in [5.74, 6) is 0. The van der Waals surface area contributed by atoms with Crippen molar-refractivity contribution in [2.45, 2.75) is 13.8 Å². The molecule has 0 aliphatic rings. The van der Waals surface area contributed by atoms with Gasteiger partial charge in [0.1, 0.15) is 0 Å². The number of aryl methyl sites for hydroxylation is 1. The summed E-state index contributed by atoms with van der Waals surface area (Å²) in [6.07, 6.45) is 5.58. The van der Waals surface area contributed by atoms with Crippen LogP contribution >= 0.6 is 0 Å². The molecule has 0 bridgehead atoms. The van der Waals surface area contributed by atoms with Crippen molar-refractivity contribution in [3.63, 3.8) is 0 Å². The van der Waals surface area contributed by atoms with Gasteiger partial charge >= 0.3 is 26.2 Å². The summed E-state index contributed by atoms with van der Waals surface area (Å²) in [6, 6.07) is 10.3. The van der Waals surface area contributed by atoms with Gasteiger partial charge in [-0.15, -0.1) is 0 Å². The fraction of sp³-hybridized carbons (Fsp3) is 0.167. The van der Waals surface area contributed by atoms with Crippen molar-refractivity contribution in [2.75, 3.05) is 0 Å². The van der Waals surface area contributed by atoms with E-state index in [0.717, 1.165) is 0 Å². The maximum Gasteiger partial charge on any atom is 4.00 e. The predicted octanol–water partition coefficient (Wildman–Crippen LogP) is -8.24. The van der Waals surface area contributed by atoms with Crippen LogP contribution in [0.4, 0.5) is 0 Å². The minimum atomic E-state index is 0. The third kappa shape index (κ3) is 31.5. The SMILES string of the molecule is C=CC=CC.Cc1ccccc1.[Cl-].[Cl-].[Cl-].[Cl-].[Zr+4]. The standard InChI is InChI=1S/C7H8.C5H8.4ClH.Zr/c1-7-5-3-2-4-6-7;1-3-5-4-2;;;;;/h2-6H,1H3;3-5H,1H2,2H3;4*1H;/q;;;;;;+4/p-4. The Morgan fingerprint density at radius 3 is 1.47 bits per heavy atom. The number of halogens is 4. The number of benzene rings is 1. The molecule has 17 heavy (non-hydrogen) atoms. The molecule has 0 saturated heterocycles. The first-order valence-corrected chi connectivity index (χ1v) is 4.06. The van der Waals surface area contributed by atoms with Gasteiger partial charge in [0, 0.05) is 0 Å². The average molecular weight is 393 g/mol. The Hall–Kier alpha value is 0.743. The number of hydrogen-bond acceptors (Lipinski definition) is 0. The number of allylic oxidation sites excluding steroid dienone is 3. The van der Waals surface area contributed by atoms with Gasteiger partial charge in [0.2, 0.25) is 0 Å². The van der Waals surface area contributed by atoms with Gasteiger partial charge in [-0.3, -0.25) is 0 Å². The van der Waals surface area contributed by atoms with Crippen LogP contribution in [-0.4, -0.2) is 0 Å². The van der Waals surface area contributed by atoms with Crippen LogP contribution in [0, 0.1) is 6.92 Å². The van der Waals surface area contributed by atoms with Crippen molar-refractivity contribution < 1.29 is 75.8 Å². The van der Waals surface area contributed by atoms with E-state index in [0.29, 0.717) is 0 Å². The van der Waals surface area contributed by atoms with Gasteiger partial charge in [-0.25, -0.2) is 0 Å². The second-order valence-corrected chi connectivity index (χ2v) is 2.42. The minimum absolute atomic E-state index is 0. The van der Waals surface area contributed by atoms with Crippen LogP contribution in [-0.2, 0) is 26.2 Å². The molecule has 0 nitrogen and oxygen atoms in total. The smallest absolute Gasteiger partial charge is 1.00 e. The summed E-state index contributed by atoms with van der Waals surface area (Å²) < 4.78 is 0. The largest absolute Gasteiger partial charge is 4.00 e. The Kier molecular flexibility index (Phi) is 63.8. The molecule has 0 aliphatic heterocycles. The molecule has 5 heteroatoms. The molecule has 0 amide bonds. The van der Waals surface area contributed by atoms with Crippen LogP contribution in [0.3, 0.4) is 0 Å². The first kappa shape index (κ1) is 36.1. The first-order valence-electron chi connectivity index (χ1n) is 4.06. The van der Waals surface area contributed by atoms with Crippen molar-refractivity contribution >= 4 is 0 Å². The summed E-state index contributed by atoms with van der Waals surface area (Å²) in [5.41, 5.74) is 1.32. The quantitative estimate of drug-likeness (QED) is 0.416. The van der Waals surface area contributed by atoms with Gasteiger partial charge in [0.25, 0.3) is 0 Å². The molecule has 0 heterocycles. The zero-order chi connectivity index (χ0) is 9.23. The van der Waals surface area contributed by atoms with Crippen LogP contribution in [0.5, 0.6) is 0 Å². The maximum absolute atomic E-state index is 3.46. The van der Waals surface area contributed by atoms with E-state index >= 15 is 0 Å². The summed E-state index contributed by atoms with van der Waals surface area (Å²) in [7, 11) is 0. The number of hydrogen-bond donors (Lipinski definition) is 0. The molecule has 1 rings (SSSR count). The van der Waals surface area contributed by atoms with Gasteiger partial charge in [-0.1, -0.05) is 60.7 Å². The Labute approximate surface area is 149 Å². The van der Waals surface area contributed by atoms with E-state index in [9.17, 15) is 0 Å². The molecule has 0 aliphatic carbocycles. The molecule has 0 radical (unpaired) electrons. The summed E-state index contributed by atoms with van der Waals surface area (Å²) in [4.78, 5) is 0. The molecule has 0 fully saturated rings. The second kappa shape index (κ2) is 30.1. The molecule has 0 N–H and O–H groups in total. The van der Waals surface area contributed by atoms with Crippen molar-refractivity contribution in [3.05, 3.63) is 60.7 Å². The van der Waals surface area contributed by atoms with Crippen LogP contribution < -0.4 is 49.6 Å². The van der Waals surface area contributed by atoms with Crippen LogP contribution in [0.15, 0.2) is 55.1 Å². The van der Waals surface area contributed by atoms with Crippen molar-refractivity contribution in [3.8, 4) is 0 Å². The van der Waals surface area contributed by atoms with E-state index in [2.05, 4.69) is 25.6 Å². The Morgan fingerprint density at radius 1 is 0.941 bits per heavy atom. The molecular weight excluding hydrogens is 377 g/mol. The Morgan fingerprint density at radius 2 is 1.35 bits per heavy atom. The summed E-state index contributed by atoms with van der Waals surface area (Å²) in [5, 5.41) is 0. The van der Waals surface area contributed by atoms with Crippen molar-refractivity contribution in [1.82, 2.24) is 0 Å². The van der Waals surface area contributed by atoms with E-state index in [1.54, 1.807) is 6.08 Å². The van der Waals surface area contributed by atoms with Crippen LogP contribution in [0.25, 0.3) is 0 Å². The summed E-state index contributed by atoms with van der Waals surface area (Å²) in [6.45, 7) is 7.51. The number of rotatable bonds is 1. The van der Waals surface area contributed by atoms with Crippen molar-refractivity contribution in [2.24, 2.45) is 0 Å². The summed E-state index contributed by atoms with van der Waals surface area (Å²) >= 11 is 0. The van der Waals surface area contributed by atoms with Gasteiger partial charge in [0.15, 0.2) is 0 Å². The fourth-order valence-corrected chi connectivity index (χ4v) is 0.670. The van der Waals surface area contributed by atoms with Crippen molar-refractivity contribution in [1.29, 1.82) is 0 Å². The zero-order valence-corrected chi connectivity index (χ0v) is 15.3. The van der Waals surface area contributed by atoms with E-state index in [1.165, 1.54) is 5.56 Å². The maximum atomic E-state index is 3.46. The van der Waals surface area contributed by atoms with E-state index < -0.39 is 0 Å². The van der Waals surface area contributed by atoms with E-state index in [1.807, 2.05) is 37.3 Å². The van der Waals surface area contributed by atoms with Gasteiger partial charge in [0.05, 0.1) is 0 Å². The Bertz CT molecular complexity index is 238. The second-order valence-electron chi connectivity index (χ2n) is 2.42. The molecular formula is C12H16Cl4Zr.